The molecule has 0 aliphatic heterocycles. The number of hydrogen-bond acceptors (Lipinski definition) is 4. The summed E-state index contributed by atoms with van der Waals surface area (Å²) in [6.07, 6.45) is 3.28. The van der Waals surface area contributed by atoms with Gasteiger partial charge in [-0.15, -0.1) is 0 Å². The Kier molecular flexibility index (Phi) is 3.02. The van der Waals surface area contributed by atoms with E-state index in [1.54, 1.807) is 12.3 Å². The summed E-state index contributed by atoms with van der Waals surface area (Å²) in [6, 6.07) is 9.15. The maximum Gasteiger partial charge on any atom is 0.224 e. The molecule has 1 N–H and O–H groups in total. The zero-order chi connectivity index (χ0) is 13.1. The number of nitrogens with zero attached hydrogens (tertiary/aromatic N) is 1. The molecular weight excluding hydrogens is 244 g/mol. The van der Waals surface area contributed by atoms with Crippen LogP contribution in [0, 0.1) is 0 Å². The summed E-state index contributed by atoms with van der Waals surface area (Å²) in [4.78, 5) is 15.8. The maximum absolute atomic E-state index is 11.8. The first-order valence-electron chi connectivity index (χ1n) is 5.92. The molecule has 0 saturated heterocycles. The second kappa shape index (κ2) is 4.97. The zero-order valence-electron chi connectivity index (χ0n) is 10.1. The lowest BCUT2D eigenvalue weighted by molar-refractivity contribution is -0.120. The number of furan rings is 1. The molecule has 5 heteroatoms. The number of nitrogens with one attached hydrogen (secondary N) is 1. The van der Waals surface area contributed by atoms with E-state index in [0.717, 1.165) is 16.8 Å². The van der Waals surface area contributed by atoms with Crippen LogP contribution in [0.1, 0.15) is 11.3 Å². The molecule has 96 valence electrons. The van der Waals surface area contributed by atoms with E-state index in [1.807, 2.05) is 24.3 Å². The standard InChI is InChI=1S/C14H12N2O3/c17-14(15-8-11-2-1-5-18-11)7-10-3-4-12-13(6-10)19-9-16-12/h1-6,9H,7-8H2,(H,15,17). The molecule has 2 heterocycles. The van der Waals surface area contributed by atoms with Crippen molar-refractivity contribution in [2.75, 3.05) is 0 Å². The molecule has 0 bridgehead atoms. The summed E-state index contributed by atoms with van der Waals surface area (Å²) in [5.74, 6) is 0.675. The van der Waals surface area contributed by atoms with Gasteiger partial charge in [-0.05, 0) is 29.8 Å². The summed E-state index contributed by atoms with van der Waals surface area (Å²) in [5.41, 5.74) is 2.37. The minimum absolute atomic E-state index is 0.0599. The number of carbonyl (C=O) groups excluding carboxylic acids is 1. The molecule has 0 atom stereocenters. The van der Waals surface area contributed by atoms with Gasteiger partial charge in [0.15, 0.2) is 12.0 Å². The average Bonchev–Trinajstić information content (AvgIpc) is 3.07. The lowest BCUT2D eigenvalue weighted by atomic mass is 10.1. The van der Waals surface area contributed by atoms with Gasteiger partial charge in [-0.2, -0.15) is 0 Å². The summed E-state index contributed by atoms with van der Waals surface area (Å²) in [7, 11) is 0. The minimum Gasteiger partial charge on any atom is -0.467 e. The van der Waals surface area contributed by atoms with Crippen molar-refractivity contribution in [3.63, 3.8) is 0 Å². The van der Waals surface area contributed by atoms with E-state index in [-0.39, 0.29) is 5.91 Å². The van der Waals surface area contributed by atoms with Gasteiger partial charge >= 0.3 is 0 Å². The van der Waals surface area contributed by atoms with Crippen LogP contribution >= 0.6 is 0 Å². The average molecular weight is 256 g/mol. The smallest absolute Gasteiger partial charge is 0.224 e. The van der Waals surface area contributed by atoms with Gasteiger partial charge in [0.2, 0.25) is 5.91 Å². The number of oxazole rings is 1. The Bertz CT molecular complexity index is 686. The number of benzene rings is 1. The molecule has 0 aliphatic carbocycles. The minimum atomic E-state index is -0.0599. The molecule has 2 aromatic heterocycles. The molecule has 1 amide bonds. The zero-order valence-corrected chi connectivity index (χ0v) is 10.1. The van der Waals surface area contributed by atoms with Crippen molar-refractivity contribution >= 4 is 17.0 Å². The number of aromatic nitrogens is 1. The topological polar surface area (TPSA) is 68.3 Å². The van der Waals surface area contributed by atoms with Gasteiger partial charge in [0.25, 0.3) is 0 Å². The lowest BCUT2D eigenvalue weighted by Gasteiger charge is -2.03. The number of hydrogen-bond donors (Lipinski definition) is 1. The van der Waals surface area contributed by atoms with Gasteiger partial charge in [-0.25, -0.2) is 4.98 Å². The third kappa shape index (κ3) is 2.65. The predicted octanol–water partition coefficient (Wildman–Crippen LogP) is 2.28. The van der Waals surface area contributed by atoms with Gasteiger partial charge in [0.1, 0.15) is 11.3 Å². The van der Waals surface area contributed by atoms with Crippen molar-refractivity contribution in [2.24, 2.45) is 0 Å². The third-order valence-electron chi connectivity index (χ3n) is 2.80. The van der Waals surface area contributed by atoms with Gasteiger partial charge in [0, 0.05) is 0 Å². The Morgan fingerprint density at radius 1 is 1.26 bits per heavy atom. The molecule has 0 saturated carbocycles. The van der Waals surface area contributed by atoms with Crippen molar-refractivity contribution in [2.45, 2.75) is 13.0 Å². The summed E-state index contributed by atoms with van der Waals surface area (Å²) >= 11 is 0. The summed E-state index contributed by atoms with van der Waals surface area (Å²) < 4.78 is 10.3. The molecular formula is C14H12N2O3. The SMILES string of the molecule is O=C(Cc1ccc2ncoc2c1)NCc1ccco1. The molecule has 0 radical (unpaired) electrons. The number of amides is 1. The highest BCUT2D eigenvalue weighted by molar-refractivity contribution is 5.80. The lowest BCUT2D eigenvalue weighted by Crippen LogP contribution is -2.24. The van der Waals surface area contributed by atoms with Gasteiger partial charge < -0.3 is 14.2 Å². The molecule has 3 aromatic rings. The van der Waals surface area contributed by atoms with Crippen molar-refractivity contribution in [1.82, 2.24) is 10.3 Å². The first-order chi connectivity index (χ1) is 9.31. The van der Waals surface area contributed by atoms with Crippen LogP contribution in [0.15, 0.2) is 51.8 Å². The van der Waals surface area contributed by atoms with Crippen LogP contribution in [-0.4, -0.2) is 10.9 Å². The van der Waals surface area contributed by atoms with Crippen LogP contribution in [0.25, 0.3) is 11.1 Å². The molecule has 0 unspecified atom stereocenters. The number of fused-ring (bicyclic) bond motifs is 1. The molecule has 0 fully saturated rings. The summed E-state index contributed by atoms with van der Waals surface area (Å²) in [5, 5.41) is 2.80. The molecule has 5 nitrogen and oxygen atoms in total. The Balaban J connectivity index is 1.62. The fourth-order valence-electron chi connectivity index (χ4n) is 1.86. The van der Waals surface area contributed by atoms with Gasteiger partial charge in [-0.1, -0.05) is 6.07 Å². The van der Waals surface area contributed by atoms with Crippen molar-refractivity contribution in [1.29, 1.82) is 0 Å². The Morgan fingerprint density at radius 2 is 2.21 bits per heavy atom. The fourth-order valence-corrected chi connectivity index (χ4v) is 1.86. The van der Waals surface area contributed by atoms with Crippen LogP contribution in [0.5, 0.6) is 0 Å². The van der Waals surface area contributed by atoms with Crippen LogP contribution in [-0.2, 0) is 17.8 Å². The molecule has 0 aliphatic rings. The normalized spacial score (nSPS) is 10.7. The van der Waals surface area contributed by atoms with Crippen LogP contribution in [0.3, 0.4) is 0 Å². The first-order valence-corrected chi connectivity index (χ1v) is 5.92. The number of carbonyl (C=O) groups is 1. The Morgan fingerprint density at radius 3 is 3.05 bits per heavy atom. The molecule has 0 spiro atoms. The maximum atomic E-state index is 11.8. The van der Waals surface area contributed by atoms with E-state index in [4.69, 9.17) is 8.83 Å². The number of rotatable bonds is 4. The van der Waals surface area contributed by atoms with E-state index >= 15 is 0 Å². The monoisotopic (exact) mass is 256 g/mol. The Hall–Kier alpha value is -2.56. The third-order valence-corrected chi connectivity index (χ3v) is 2.80. The molecule has 1 aromatic carbocycles. The van der Waals surface area contributed by atoms with E-state index < -0.39 is 0 Å². The highest BCUT2D eigenvalue weighted by atomic mass is 16.3. The fraction of sp³-hybridized carbons (Fsp3) is 0.143. The Labute approximate surface area is 109 Å². The van der Waals surface area contributed by atoms with Crippen molar-refractivity contribution in [3.8, 4) is 0 Å². The van der Waals surface area contributed by atoms with E-state index in [1.165, 1.54) is 6.39 Å². The molecule has 19 heavy (non-hydrogen) atoms. The van der Waals surface area contributed by atoms with Crippen LogP contribution < -0.4 is 5.32 Å². The van der Waals surface area contributed by atoms with Gasteiger partial charge in [-0.3, -0.25) is 4.79 Å². The van der Waals surface area contributed by atoms with Crippen LogP contribution in [0.4, 0.5) is 0 Å². The quantitative estimate of drug-likeness (QED) is 0.777. The van der Waals surface area contributed by atoms with Crippen LogP contribution in [0.2, 0.25) is 0 Å². The van der Waals surface area contributed by atoms with Crippen molar-refractivity contribution < 1.29 is 13.6 Å². The van der Waals surface area contributed by atoms with E-state index in [9.17, 15) is 4.79 Å². The molecule has 3 rings (SSSR count). The largest absolute Gasteiger partial charge is 0.467 e. The predicted molar refractivity (Wildman–Crippen MR) is 68.3 cm³/mol. The van der Waals surface area contributed by atoms with E-state index in [2.05, 4.69) is 10.3 Å². The second-order valence-electron chi connectivity index (χ2n) is 4.19. The second-order valence-corrected chi connectivity index (χ2v) is 4.19. The summed E-state index contributed by atoms with van der Waals surface area (Å²) in [6.45, 7) is 0.399. The highest BCUT2D eigenvalue weighted by Gasteiger charge is 2.06. The van der Waals surface area contributed by atoms with E-state index in [0.29, 0.717) is 18.5 Å². The van der Waals surface area contributed by atoms with Gasteiger partial charge in [0.05, 0.1) is 19.2 Å². The van der Waals surface area contributed by atoms with Crippen molar-refractivity contribution in [3.05, 3.63) is 54.3 Å². The first kappa shape index (κ1) is 11.5. The highest BCUT2D eigenvalue weighted by Crippen LogP contribution is 2.14.